The van der Waals surface area contributed by atoms with Gasteiger partial charge in [-0.15, -0.1) is 0 Å². The normalized spacial score (nSPS) is 10.7. The van der Waals surface area contributed by atoms with Crippen molar-refractivity contribution >= 4 is 5.69 Å². The van der Waals surface area contributed by atoms with Crippen molar-refractivity contribution in [3.05, 3.63) is 83.3 Å². The molecule has 2 aromatic heterocycles. The molecule has 0 saturated carbocycles. The van der Waals surface area contributed by atoms with Gasteiger partial charge >= 0.3 is 0 Å². The number of nitrogens with zero attached hydrogens (tertiary/aromatic N) is 1. The monoisotopic (exact) mass is 361 g/mol. The molecule has 27 heavy (non-hydrogen) atoms. The summed E-state index contributed by atoms with van der Waals surface area (Å²) < 4.78 is 16.6. The molecule has 0 aliphatic rings. The molecule has 0 aliphatic heterocycles. The summed E-state index contributed by atoms with van der Waals surface area (Å²) in [4.78, 5) is 10.4. The maximum atomic E-state index is 10.9. The first-order chi connectivity index (χ1) is 13.2. The number of ether oxygens (including phenoxy) is 1. The highest BCUT2D eigenvalue weighted by Crippen LogP contribution is 2.40. The molecule has 0 aliphatic carbocycles. The molecule has 0 saturated heterocycles. The van der Waals surface area contributed by atoms with Crippen LogP contribution in [0.15, 0.2) is 82.0 Å². The maximum Gasteiger partial charge on any atom is 0.269 e. The fraction of sp³-hybridized carbons (Fsp3) is 0.0476. The highest BCUT2D eigenvalue weighted by Gasteiger charge is 2.19. The van der Waals surface area contributed by atoms with E-state index in [1.165, 1.54) is 12.1 Å². The lowest BCUT2D eigenvalue weighted by atomic mass is 10.0. The van der Waals surface area contributed by atoms with Crippen LogP contribution >= 0.6 is 0 Å². The van der Waals surface area contributed by atoms with E-state index in [1.54, 1.807) is 31.8 Å². The molecule has 6 heteroatoms. The van der Waals surface area contributed by atoms with E-state index in [0.29, 0.717) is 11.5 Å². The van der Waals surface area contributed by atoms with Crippen LogP contribution in [-0.4, -0.2) is 12.0 Å². The van der Waals surface area contributed by atoms with Crippen molar-refractivity contribution in [2.45, 2.75) is 0 Å². The molecule has 4 aromatic rings. The first-order valence-corrected chi connectivity index (χ1v) is 8.22. The minimum atomic E-state index is -0.422. The Balaban J connectivity index is 1.75. The fourth-order valence-corrected chi connectivity index (χ4v) is 2.96. The molecule has 0 bridgehead atoms. The quantitative estimate of drug-likeness (QED) is 0.332. The van der Waals surface area contributed by atoms with E-state index < -0.39 is 4.92 Å². The fourth-order valence-electron chi connectivity index (χ4n) is 2.96. The summed E-state index contributed by atoms with van der Waals surface area (Å²) in [5.74, 6) is 1.94. The number of benzene rings is 2. The van der Waals surface area contributed by atoms with Crippen LogP contribution in [0.25, 0.3) is 33.8 Å². The molecule has 0 fully saturated rings. The number of furan rings is 2. The van der Waals surface area contributed by atoms with E-state index in [1.807, 2.05) is 36.4 Å². The van der Waals surface area contributed by atoms with E-state index in [2.05, 4.69) is 0 Å². The second-order valence-corrected chi connectivity index (χ2v) is 5.86. The molecule has 0 atom stereocenters. The lowest BCUT2D eigenvalue weighted by Gasteiger charge is -2.05. The predicted molar refractivity (Wildman–Crippen MR) is 100 cm³/mol. The minimum absolute atomic E-state index is 0.0423. The molecule has 4 rings (SSSR count). The number of hydrogen-bond acceptors (Lipinski definition) is 5. The van der Waals surface area contributed by atoms with Gasteiger partial charge in [0.25, 0.3) is 5.69 Å². The highest BCUT2D eigenvalue weighted by atomic mass is 16.6. The molecule has 2 aromatic carbocycles. The molecule has 0 amide bonds. The van der Waals surface area contributed by atoms with E-state index in [4.69, 9.17) is 13.6 Å². The molecule has 0 spiro atoms. The molecule has 134 valence electrons. The van der Waals surface area contributed by atoms with Gasteiger partial charge in [0.15, 0.2) is 11.5 Å². The van der Waals surface area contributed by atoms with Crippen LogP contribution in [0, 0.1) is 10.1 Å². The number of methoxy groups -OCH3 is 1. The summed E-state index contributed by atoms with van der Waals surface area (Å²) >= 11 is 0. The first-order valence-electron chi connectivity index (χ1n) is 8.22. The van der Waals surface area contributed by atoms with Crippen LogP contribution < -0.4 is 4.74 Å². The third-order valence-corrected chi connectivity index (χ3v) is 4.33. The Morgan fingerprint density at radius 3 is 1.70 bits per heavy atom. The summed E-state index contributed by atoms with van der Waals surface area (Å²) in [5.41, 5.74) is 3.50. The average molecular weight is 361 g/mol. The topological polar surface area (TPSA) is 78.7 Å². The molecule has 0 radical (unpaired) electrons. The van der Waals surface area contributed by atoms with Crippen molar-refractivity contribution in [3.8, 4) is 39.5 Å². The number of hydrogen-bond donors (Lipinski definition) is 0. The van der Waals surface area contributed by atoms with Gasteiger partial charge in [0.1, 0.15) is 5.75 Å². The molecule has 0 N–H and O–H groups in total. The van der Waals surface area contributed by atoms with Gasteiger partial charge in [-0.2, -0.15) is 0 Å². The van der Waals surface area contributed by atoms with Crippen LogP contribution in [0.1, 0.15) is 0 Å². The third-order valence-electron chi connectivity index (χ3n) is 4.33. The zero-order valence-corrected chi connectivity index (χ0v) is 14.4. The van der Waals surface area contributed by atoms with Gasteiger partial charge in [0.05, 0.1) is 24.6 Å². The van der Waals surface area contributed by atoms with E-state index in [-0.39, 0.29) is 5.69 Å². The van der Waals surface area contributed by atoms with Crippen molar-refractivity contribution in [3.63, 3.8) is 0 Å². The van der Waals surface area contributed by atoms with Crippen molar-refractivity contribution in [2.75, 3.05) is 7.11 Å². The third kappa shape index (κ3) is 3.08. The average Bonchev–Trinajstić information content (AvgIpc) is 3.37. The second kappa shape index (κ2) is 6.84. The summed E-state index contributed by atoms with van der Waals surface area (Å²) in [7, 11) is 1.62. The van der Waals surface area contributed by atoms with Gasteiger partial charge in [-0.1, -0.05) is 12.1 Å². The van der Waals surface area contributed by atoms with Gasteiger partial charge in [0, 0.05) is 23.3 Å². The Hall–Kier alpha value is -3.80. The van der Waals surface area contributed by atoms with E-state index in [9.17, 15) is 10.1 Å². The van der Waals surface area contributed by atoms with Crippen LogP contribution in [0.3, 0.4) is 0 Å². The summed E-state index contributed by atoms with van der Waals surface area (Å²) in [6, 6.07) is 17.7. The largest absolute Gasteiger partial charge is 0.497 e. The van der Waals surface area contributed by atoms with Gasteiger partial charge < -0.3 is 13.6 Å². The Kier molecular flexibility index (Phi) is 4.22. The van der Waals surface area contributed by atoms with Crippen molar-refractivity contribution in [1.82, 2.24) is 0 Å². The lowest BCUT2D eigenvalue weighted by Crippen LogP contribution is -1.87. The Labute approximate surface area is 154 Å². The Bertz CT molecular complexity index is 1070. The van der Waals surface area contributed by atoms with E-state index in [0.717, 1.165) is 28.0 Å². The summed E-state index contributed by atoms with van der Waals surface area (Å²) in [6.07, 6.45) is 3.18. The smallest absolute Gasteiger partial charge is 0.269 e. The van der Waals surface area contributed by atoms with E-state index >= 15 is 0 Å². The van der Waals surface area contributed by atoms with Gasteiger partial charge in [-0.3, -0.25) is 10.1 Å². The maximum absolute atomic E-state index is 10.9. The van der Waals surface area contributed by atoms with Crippen LogP contribution in [0.4, 0.5) is 5.69 Å². The summed E-state index contributed by atoms with van der Waals surface area (Å²) in [5, 5.41) is 10.9. The van der Waals surface area contributed by atoms with Crippen molar-refractivity contribution < 1.29 is 18.5 Å². The zero-order chi connectivity index (χ0) is 18.8. The lowest BCUT2D eigenvalue weighted by molar-refractivity contribution is -0.384. The standard InChI is InChI=1S/C21H15NO5/c1-25-17-8-4-15(5-9-17)19-11-13-27-21(19)20-18(10-12-26-20)14-2-6-16(7-3-14)22(23)24/h2-13H,1H3. The first kappa shape index (κ1) is 16.7. The number of nitro groups is 1. The van der Waals surface area contributed by atoms with Gasteiger partial charge in [0.2, 0.25) is 0 Å². The van der Waals surface area contributed by atoms with Crippen molar-refractivity contribution in [1.29, 1.82) is 0 Å². The number of rotatable bonds is 5. The zero-order valence-electron chi connectivity index (χ0n) is 14.4. The Morgan fingerprint density at radius 1 is 0.778 bits per heavy atom. The number of non-ortho nitro benzene ring substituents is 1. The van der Waals surface area contributed by atoms with Crippen molar-refractivity contribution in [2.24, 2.45) is 0 Å². The Morgan fingerprint density at radius 2 is 1.26 bits per heavy atom. The molecular weight excluding hydrogens is 346 g/mol. The van der Waals surface area contributed by atoms with Crippen LogP contribution in [-0.2, 0) is 0 Å². The SMILES string of the molecule is COc1ccc(-c2ccoc2-c2occc2-c2ccc([N+](=O)[O-])cc2)cc1. The van der Waals surface area contributed by atoms with Crippen LogP contribution in [0.2, 0.25) is 0 Å². The van der Waals surface area contributed by atoms with Gasteiger partial charge in [-0.05, 0) is 47.5 Å². The minimum Gasteiger partial charge on any atom is -0.497 e. The van der Waals surface area contributed by atoms with Gasteiger partial charge in [-0.25, -0.2) is 0 Å². The molecule has 0 unspecified atom stereocenters. The predicted octanol–water partition coefficient (Wildman–Crippen LogP) is 5.79. The van der Waals surface area contributed by atoms with Crippen LogP contribution in [0.5, 0.6) is 5.75 Å². The highest BCUT2D eigenvalue weighted by molar-refractivity contribution is 5.86. The molecular formula is C21H15NO5. The molecule has 2 heterocycles. The number of nitro benzene ring substituents is 1. The summed E-state index contributed by atoms with van der Waals surface area (Å²) in [6.45, 7) is 0. The second-order valence-electron chi connectivity index (χ2n) is 5.86. The molecule has 6 nitrogen and oxygen atoms in total.